The number of nitrogens with zero attached hydrogens (tertiary/aromatic N) is 4. The van der Waals surface area contributed by atoms with Crippen molar-refractivity contribution in [3.63, 3.8) is 0 Å². The smallest absolute Gasteiger partial charge is 0.259 e. The van der Waals surface area contributed by atoms with E-state index in [2.05, 4.69) is 20.0 Å². The molecule has 0 aliphatic carbocycles. The molecule has 6 nitrogen and oxygen atoms in total. The van der Waals surface area contributed by atoms with Crippen molar-refractivity contribution in [2.24, 2.45) is 0 Å². The summed E-state index contributed by atoms with van der Waals surface area (Å²) >= 11 is 0. The largest absolute Gasteiger partial charge is 0.394 e. The minimum absolute atomic E-state index is 0.160. The molecule has 0 saturated carbocycles. The molecular formula is C19H20N4O2. The number of aryl methyl sites for hydroxylation is 1. The lowest BCUT2D eigenvalue weighted by molar-refractivity contribution is 0.266. The standard InChI is InChI=1S/C19H20N4O2/c1-13-5-2-3-7-16(13)18-21-19(25-22-18)14-8-9-17(20-11-14)23-10-4-6-15(23)12-24/h2-3,5,7-9,11,15,24H,4,6,10,12H2,1H3/t15-/m0/s1. The van der Waals surface area contributed by atoms with Gasteiger partial charge in [0.15, 0.2) is 0 Å². The SMILES string of the molecule is Cc1ccccc1-c1noc(-c2ccc(N3CCC[C@H]3CO)nc2)n1. The number of hydrogen-bond donors (Lipinski definition) is 1. The van der Waals surface area contributed by atoms with Crippen LogP contribution in [0, 0.1) is 6.92 Å². The van der Waals surface area contributed by atoms with Crippen LogP contribution in [0.15, 0.2) is 47.1 Å². The Morgan fingerprint density at radius 2 is 2.12 bits per heavy atom. The first kappa shape index (κ1) is 15.8. The lowest BCUT2D eigenvalue weighted by atomic mass is 10.1. The third-order valence-corrected chi connectivity index (χ3v) is 4.69. The van der Waals surface area contributed by atoms with Gasteiger partial charge in [-0.25, -0.2) is 4.98 Å². The monoisotopic (exact) mass is 336 g/mol. The van der Waals surface area contributed by atoms with Crippen molar-refractivity contribution in [3.05, 3.63) is 48.2 Å². The van der Waals surface area contributed by atoms with E-state index in [9.17, 15) is 5.11 Å². The fourth-order valence-electron chi connectivity index (χ4n) is 3.28. The Balaban J connectivity index is 1.58. The third kappa shape index (κ3) is 3.00. The summed E-state index contributed by atoms with van der Waals surface area (Å²) in [5.41, 5.74) is 2.85. The summed E-state index contributed by atoms with van der Waals surface area (Å²) < 4.78 is 5.41. The first-order valence-electron chi connectivity index (χ1n) is 8.50. The molecule has 3 heterocycles. The fraction of sp³-hybridized carbons (Fsp3) is 0.316. The van der Waals surface area contributed by atoms with Crippen molar-refractivity contribution in [2.75, 3.05) is 18.1 Å². The number of aliphatic hydroxyl groups excluding tert-OH is 1. The lowest BCUT2D eigenvalue weighted by Crippen LogP contribution is -2.32. The number of aromatic nitrogens is 3. The summed E-state index contributed by atoms with van der Waals surface area (Å²) in [5.74, 6) is 1.91. The quantitative estimate of drug-likeness (QED) is 0.789. The first-order chi connectivity index (χ1) is 12.3. The van der Waals surface area contributed by atoms with Gasteiger partial charge < -0.3 is 14.5 Å². The Morgan fingerprint density at radius 1 is 1.24 bits per heavy atom. The zero-order valence-electron chi connectivity index (χ0n) is 14.1. The van der Waals surface area contributed by atoms with E-state index in [1.54, 1.807) is 6.20 Å². The second-order valence-electron chi connectivity index (χ2n) is 6.32. The Kier molecular flexibility index (Phi) is 4.19. The molecule has 1 aromatic carbocycles. The molecule has 128 valence electrons. The second-order valence-corrected chi connectivity index (χ2v) is 6.32. The Labute approximate surface area is 146 Å². The maximum Gasteiger partial charge on any atom is 0.259 e. The molecule has 2 aromatic heterocycles. The molecule has 25 heavy (non-hydrogen) atoms. The van der Waals surface area contributed by atoms with Gasteiger partial charge in [-0.1, -0.05) is 29.4 Å². The van der Waals surface area contributed by atoms with Crippen molar-refractivity contribution in [3.8, 4) is 22.8 Å². The normalized spacial score (nSPS) is 17.2. The van der Waals surface area contributed by atoms with Crippen molar-refractivity contribution in [2.45, 2.75) is 25.8 Å². The van der Waals surface area contributed by atoms with Gasteiger partial charge in [0.1, 0.15) is 5.82 Å². The Morgan fingerprint density at radius 3 is 2.88 bits per heavy atom. The van der Waals surface area contributed by atoms with Crippen LogP contribution in [-0.2, 0) is 0 Å². The highest BCUT2D eigenvalue weighted by Crippen LogP contribution is 2.27. The van der Waals surface area contributed by atoms with Crippen LogP contribution in [0.1, 0.15) is 18.4 Å². The molecule has 1 fully saturated rings. The summed E-state index contributed by atoms with van der Waals surface area (Å²) in [4.78, 5) is 11.2. The molecule has 1 aliphatic rings. The van der Waals surface area contributed by atoms with Crippen molar-refractivity contribution in [1.82, 2.24) is 15.1 Å². The summed E-state index contributed by atoms with van der Waals surface area (Å²) in [5, 5.41) is 13.6. The molecule has 6 heteroatoms. The molecule has 0 amide bonds. The van der Waals surface area contributed by atoms with E-state index < -0.39 is 0 Å². The van der Waals surface area contributed by atoms with E-state index in [-0.39, 0.29) is 12.6 Å². The summed E-state index contributed by atoms with van der Waals surface area (Å²) in [6.07, 6.45) is 3.83. The van der Waals surface area contributed by atoms with Crippen LogP contribution >= 0.6 is 0 Å². The van der Waals surface area contributed by atoms with Gasteiger partial charge in [0.05, 0.1) is 18.2 Å². The van der Waals surface area contributed by atoms with Gasteiger partial charge in [-0.15, -0.1) is 0 Å². The molecular weight excluding hydrogens is 316 g/mol. The fourth-order valence-corrected chi connectivity index (χ4v) is 3.28. The van der Waals surface area contributed by atoms with Gasteiger partial charge >= 0.3 is 0 Å². The van der Waals surface area contributed by atoms with E-state index in [4.69, 9.17) is 4.52 Å². The molecule has 1 N–H and O–H groups in total. The topological polar surface area (TPSA) is 75.3 Å². The molecule has 4 rings (SSSR count). The molecule has 0 spiro atoms. The number of rotatable bonds is 4. The summed E-state index contributed by atoms with van der Waals surface area (Å²) in [6, 6.07) is 12.0. The number of anilines is 1. The maximum absolute atomic E-state index is 9.46. The Hall–Kier alpha value is -2.73. The van der Waals surface area contributed by atoms with E-state index >= 15 is 0 Å². The predicted molar refractivity (Wildman–Crippen MR) is 95.2 cm³/mol. The van der Waals surface area contributed by atoms with Crippen molar-refractivity contribution in [1.29, 1.82) is 0 Å². The van der Waals surface area contributed by atoms with Crippen LogP contribution in [0.3, 0.4) is 0 Å². The van der Waals surface area contributed by atoms with E-state index in [0.717, 1.165) is 41.9 Å². The van der Waals surface area contributed by atoms with Gasteiger partial charge in [0.2, 0.25) is 5.82 Å². The second kappa shape index (κ2) is 6.64. The number of benzene rings is 1. The molecule has 0 radical (unpaired) electrons. The van der Waals surface area contributed by atoms with Gasteiger partial charge in [0, 0.05) is 18.3 Å². The molecule has 0 unspecified atom stereocenters. The molecule has 1 atom stereocenters. The van der Waals surface area contributed by atoms with Gasteiger partial charge in [-0.05, 0) is 37.5 Å². The minimum atomic E-state index is 0.160. The van der Waals surface area contributed by atoms with Crippen LogP contribution in [0.4, 0.5) is 5.82 Å². The van der Waals surface area contributed by atoms with E-state index in [0.29, 0.717) is 11.7 Å². The molecule has 3 aromatic rings. The zero-order valence-corrected chi connectivity index (χ0v) is 14.1. The van der Waals surface area contributed by atoms with Crippen LogP contribution in [0.5, 0.6) is 0 Å². The van der Waals surface area contributed by atoms with Crippen LogP contribution < -0.4 is 4.90 Å². The van der Waals surface area contributed by atoms with Crippen LogP contribution in [0.2, 0.25) is 0 Å². The maximum atomic E-state index is 9.46. The summed E-state index contributed by atoms with van der Waals surface area (Å²) in [6.45, 7) is 3.11. The highest BCUT2D eigenvalue weighted by atomic mass is 16.5. The summed E-state index contributed by atoms with van der Waals surface area (Å²) in [7, 11) is 0. The van der Waals surface area contributed by atoms with Crippen LogP contribution in [-0.4, -0.2) is 39.4 Å². The molecule has 0 bridgehead atoms. The predicted octanol–water partition coefficient (Wildman–Crippen LogP) is 3.07. The zero-order chi connectivity index (χ0) is 17.2. The number of hydrogen-bond acceptors (Lipinski definition) is 6. The molecule has 1 aliphatic heterocycles. The van der Waals surface area contributed by atoms with E-state index in [1.165, 1.54) is 0 Å². The Bertz CT molecular complexity index is 860. The third-order valence-electron chi connectivity index (χ3n) is 4.69. The highest BCUT2D eigenvalue weighted by Gasteiger charge is 2.25. The lowest BCUT2D eigenvalue weighted by Gasteiger charge is -2.23. The van der Waals surface area contributed by atoms with Gasteiger partial charge in [-0.2, -0.15) is 4.98 Å². The minimum Gasteiger partial charge on any atom is -0.394 e. The van der Waals surface area contributed by atoms with Crippen molar-refractivity contribution < 1.29 is 9.63 Å². The van der Waals surface area contributed by atoms with Crippen LogP contribution in [0.25, 0.3) is 22.8 Å². The number of aliphatic hydroxyl groups is 1. The highest BCUT2D eigenvalue weighted by molar-refractivity contribution is 5.63. The van der Waals surface area contributed by atoms with Crippen molar-refractivity contribution >= 4 is 5.82 Å². The average molecular weight is 336 g/mol. The van der Waals surface area contributed by atoms with Gasteiger partial charge in [-0.3, -0.25) is 0 Å². The first-order valence-corrected chi connectivity index (χ1v) is 8.50. The van der Waals surface area contributed by atoms with E-state index in [1.807, 2.05) is 43.3 Å². The number of pyridine rings is 1. The van der Waals surface area contributed by atoms with Gasteiger partial charge in [0.25, 0.3) is 5.89 Å². The average Bonchev–Trinajstić information content (AvgIpc) is 3.32. The molecule has 1 saturated heterocycles.